The molecule has 0 saturated heterocycles. The minimum Gasteiger partial charge on any atom is -0.490 e. The molecule has 0 amide bonds. The Bertz CT molecular complexity index is 482. The fourth-order valence-electron chi connectivity index (χ4n) is 2.61. The van der Waals surface area contributed by atoms with Gasteiger partial charge in [0.25, 0.3) is 5.69 Å². The zero-order valence-corrected chi connectivity index (χ0v) is 12.8. The Morgan fingerprint density at radius 2 is 2.10 bits per heavy atom. The Morgan fingerprint density at radius 1 is 1.38 bits per heavy atom. The van der Waals surface area contributed by atoms with Crippen molar-refractivity contribution in [1.82, 2.24) is 5.32 Å². The molecule has 1 aliphatic carbocycles. The lowest BCUT2D eigenvalue weighted by atomic mass is 10.1. The molecule has 5 heteroatoms. The molecule has 0 unspecified atom stereocenters. The van der Waals surface area contributed by atoms with Gasteiger partial charge < -0.3 is 10.1 Å². The van der Waals surface area contributed by atoms with Crippen LogP contribution in [0.2, 0.25) is 0 Å². The van der Waals surface area contributed by atoms with Crippen molar-refractivity contribution in [1.29, 1.82) is 0 Å². The third-order valence-corrected chi connectivity index (χ3v) is 3.72. The van der Waals surface area contributed by atoms with E-state index in [9.17, 15) is 10.1 Å². The van der Waals surface area contributed by atoms with Crippen LogP contribution in [-0.4, -0.2) is 17.6 Å². The average Bonchev–Trinajstić information content (AvgIpc) is 2.92. The number of nitro groups is 1. The molecular weight excluding hydrogens is 268 g/mol. The van der Waals surface area contributed by atoms with Crippen LogP contribution in [0.25, 0.3) is 0 Å². The number of nitrogens with one attached hydrogen (secondary N) is 1. The summed E-state index contributed by atoms with van der Waals surface area (Å²) < 4.78 is 6.04. The standard InChI is InChI=1S/C16H24N2O3/c1-12(2)10-17-11-13-9-14(18(19)20)7-8-16(13)21-15-5-3-4-6-15/h7-9,12,15,17H,3-6,10-11H2,1-2H3. The summed E-state index contributed by atoms with van der Waals surface area (Å²) in [6, 6.07) is 4.89. The Morgan fingerprint density at radius 3 is 2.71 bits per heavy atom. The minimum absolute atomic E-state index is 0.120. The molecule has 0 bridgehead atoms. The molecule has 0 atom stereocenters. The Kier molecular flexibility index (Phi) is 5.56. The maximum Gasteiger partial charge on any atom is 0.270 e. The number of benzene rings is 1. The summed E-state index contributed by atoms with van der Waals surface area (Å²) >= 11 is 0. The van der Waals surface area contributed by atoms with Gasteiger partial charge in [0.15, 0.2) is 0 Å². The number of ether oxygens (including phenoxy) is 1. The van der Waals surface area contributed by atoms with Crippen LogP contribution in [0.15, 0.2) is 18.2 Å². The molecule has 5 nitrogen and oxygen atoms in total. The summed E-state index contributed by atoms with van der Waals surface area (Å²) in [5.41, 5.74) is 0.992. The minimum atomic E-state index is -0.356. The van der Waals surface area contributed by atoms with Crippen molar-refractivity contribution in [3.63, 3.8) is 0 Å². The Labute approximate surface area is 125 Å². The lowest BCUT2D eigenvalue weighted by Gasteiger charge is -2.17. The van der Waals surface area contributed by atoms with Crippen LogP contribution in [-0.2, 0) is 6.54 Å². The number of nitro benzene ring substituents is 1. The molecule has 21 heavy (non-hydrogen) atoms. The van der Waals surface area contributed by atoms with Crippen molar-refractivity contribution < 1.29 is 9.66 Å². The Hall–Kier alpha value is -1.62. The van der Waals surface area contributed by atoms with Gasteiger partial charge in [-0.2, -0.15) is 0 Å². The van der Waals surface area contributed by atoms with Gasteiger partial charge >= 0.3 is 0 Å². The molecule has 0 aliphatic heterocycles. The van der Waals surface area contributed by atoms with Gasteiger partial charge in [-0.05, 0) is 44.2 Å². The molecule has 1 aliphatic rings. The lowest BCUT2D eigenvalue weighted by molar-refractivity contribution is -0.384. The highest BCUT2D eigenvalue weighted by Crippen LogP contribution is 2.29. The predicted octanol–water partition coefficient (Wildman–Crippen LogP) is 3.66. The zero-order valence-electron chi connectivity index (χ0n) is 12.8. The Balaban J connectivity index is 2.10. The summed E-state index contributed by atoms with van der Waals surface area (Å²) in [4.78, 5) is 10.6. The number of hydrogen-bond acceptors (Lipinski definition) is 4. The van der Waals surface area contributed by atoms with Gasteiger partial charge in [-0.15, -0.1) is 0 Å². The number of nitrogens with zero attached hydrogens (tertiary/aromatic N) is 1. The second kappa shape index (κ2) is 7.41. The number of rotatable bonds is 7. The van der Waals surface area contributed by atoms with Gasteiger partial charge in [0.05, 0.1) is 11.0 Å². The zero-order chi connectivity index (χ0) is 15.2. The highest BCUT2D eigenvalue weighted by molar-refractivity contribution is 5.44. The molecule has 116 valence electrons. The van der Waals surface area contributed by atoms with Crippen LogP contribution in [0.4, 0.5) is 5.69 Å². The van der Waals surface area contributed by atoms with E-state index in [1.54, 1.807) is 12.1 Å². The van der Waals surface area contributed by atoms with Gasteiger partial charge in [0, 0.05) is 24.2 Å². The molecule has 1 aromatic rings. The molecule has 0 spiro atoms. The van der Waals surface area contributed by atoms with Crippen molar-refractivity contribution in [2.45, 2.75) is 52.2 Å². The van der Waals surface area contributed by atoms with E-state index in [4.69, 9.17) is 4.74 Å². The molecule has 1 aromatic carbocycles. The lowest BCUT2D eigenvalue weighted by Crippen LogP contribution is -2.20. The van der Waals surface area contributed by atoms with Crippen molar-refractivity contribution in [3.05, 3.63) is 33.9 Å². The SMILES string of the molecule is CC(C)CNCc1cc([N+](=O)[O-])ccc1OC1CCCC1. The second-order valence-corrected chi connectivity index (χ2v) is 6.10. The van der Waals surface area contributed by atoms with Crippen molar-refractivity contribution in [2.75, 3.05) is 6.54 Å². The molecule has 2 rings (SSSR count). The first-order chi connectivity index (χ1) is 10.1. The van der Waals surface area contributed by atoms with E-state index in [-0.39, 0.29) is 16.7 Å². The van der Waals surface area contributed by atoms with Crippen LogP contribution in [0.1, 0.15) is 45.1 Å². The van der Waals surface area contributed by atoms with Crippen molar-refractivity contribution in [2.24, 2.45) is 5.92 Å². The maximum atomic E-state index is 10.9. The summed E-state index contributed by atoms with van der Waals surface area (Å²) in [5.74, 6) is 1.33. The second-order valence-electron chi connectivity index (χ2n) is 6.10. The first kappa shape index (κ1) is 15.8. The molecule has 1 fully saturated rings. The quantitative estimate of drug-likeness (QED) is 0.615. The van der Waals surface area contributed by atoms with Crippen LogP contribution in [0, 0.1) is 16.0 Å². The molecular formula is C16H24N2O3. The molecule has 1 saturated carbocycles. The third kappa shape index (κ3) is 4.70. The molecule has 0 radical (unpaired) electrons. The van der Waals surface area contributed by atoms with Crippen molar-refractivity contribution in [3.8, 4) is 5.75 Å². The van der Waals surface area contributed by atoms with Gasteiger partial charge in [-0.25, -0.2) is 0 Å². The van der Waals surface area contributed by atoms with E-state index in [0.717, 1.165) is 30.7 Å². The van der Waals surface area contributed by atoms with Gasteiger partial charge in [-0.3, -0.25) is 10.1 Å². The summed E-state index contributed by atoms with van der Waals surface area (Å²) in [6.45, 7) is 5.75. The predicted molar refractivity (Wildman–Crippen MR) is 82.5 cm³/mol. The molecule has 0 aromatic heterocycles. The topological polar surface area (TPSA) is 64.4 Å². The summed E-state index contributed by atoms with van der Waals surface area (Å²) in [6.07, 6.45) is 4.83. The summed E-state index contributed by atoms with van der Waals surface area (Å²) in [5, 5.41) is 14.3. The fourth-order valence-corrected chi connectivity index (χ4v) is 2.61. The van der Waals surface area contributed by atoms with E-state index in [1.807, 2.05) is 0 Å². The van der Waals surface area contributed by atoms with E-state index in [1.165, 1.54) is 18.9 Å². The van der Waals surface area contributed by atoms with Gasteiger partial charge in [-0.1, -0.05) is 13.8 Å². The first-order valence-corrected chi connectivity index (χ1v) is 7.71. The summed E-state index contributed by atoms with van der Waals surface area (Å²) in [7, 11) is 0. The van der Waals surface area contributed by atoms with Crippen molar-refractivity contribution >= 4 is 5.69 Å². The van der Waals surface area contributed by atoms with Crippen LogP contribution < -0.4 is 10.1 Å². The number of non-ortho nitro benzene ring substituents is 1. The van der Waals surface area contributed by atoms with Crippen LogP contribution >= 0.6 is 0 Å². The average molecular weight is 292 g/mol. The monoisotopic (exact) mass is 292 g/mol. The van der Waals surface area contributed by atoms with E-state index in [0.29, 0.717) is 12.5 Å². The van der Waals surface area contributed by atoms with Crippen LogP contribution in [0.5, 0.6) is 5.75 Å². The number of hydrogen-bond donors (Lipinski definition) is 1. The van der Waals surface area contributed by atoms with Gasteiger partial charge in [0.1, 0.15) is 5.75 Å². The first-order valence-electron chi connectivity index (χ1n) is 7.71. The normalized spacial score (nSPS) is 15.6. The fraction of sp³-hybridized carbons (Fsp3) is 0.625. The maximum absolute atomic E-state index is 10.9. The molecule has 0 heterocycles. The van der Waals surface area contributed by atoms with Crippen LogP contribution in [0.3, 0.4) is 0 Å². The highest BCUT2D eigenvalue weighted by atomic mass is 16.6. The third-order valence-electron chi connectivity index (χ3n) is 3.72. The highest BCUT2D eigenvalue weighted by Gasteiger charge is 2.19. The van der Waals surface area contributed by atoms with E-state index < -0.39 is 0 Å². The molecule has 1 N–H and O–H groups in total. The smallest absolute Gasteiger partial charge is 0.270 e. The largest absolute Gasteiger partial charge is 0.490 e. The van der Waals surface area contributed by atoms with Gasteiger partial charge in [0.2, 0.25) is 0 Å². The van der Waals surface area contributed by atoms with E-state index >= 15 is 0 Å². The van der Waals surface area contributed by atoms with E-state index in [2.05, 4.69) is 19.2 Å².